The number of phosphoric ester groups is 1. The van der Waals surface area contributed by atoms with Crippen LogP contribution in [0.3, 0.4) is 0 Å². The molecule has 0 saturated carbocycles. The quantitative estimate of drug-likeness (QED) is 0.115. The van der Waals surface area contributed by atoms with Gasteiger partial charge in [0.05, 0.1) is 19.8 Å². The lowest BCUT2D eigenvalue weighted by Crippen LogP contribution is -2.29. The van der Waals surface area contributed by atoms with Gasteiger partial charge in [-0.15, -0.1) is 0 Å². The Bertz CT molecular complexity index is 557. The third kappa shape index (κ3) is 20.1. The molecule has 0 radical (unpaired) electrons. The fourth-order valence-corrected chi connectivity index (χ4v) is 3.64. The van der Waals surface area contributed by atoms with Gasteiger partial charge in [0.1, 0.15) is 12.7 Å². The lowest BCUT2D eigenvalue weighted by Gasteiger charge is -2.20. The van der Waals surface area contributed by atoms with Gasteiger partial charge in [-0.3, -0.25) is 18.6 Å². The molecule has 196 valence electrons. The maximum atomic E-state index is 12.1. The van der Waals surface area contributed by atoms with E-state index in [1.807, 2.05) is 0 Å². The summed E-state index contributed by atoms with van der Waals surface area (Å²) < 4.78 is 31.4. The van der Waals surface area contributed by atoms with Crippen molar-refractivity contribution in [3.8, 4) is 0 Å². The molecule has 0 aliphatic rings. The number of phosphoric acid groups is 1. The van der Waals surface area contributed by atoms with Gasteiger partial charge < -0.3 is 24.6 Å². The van der Waals surface area contributed by atoms with Gasteiger partial charge in [0.2, 0.25) is 0 Å². The minimum Gasteiger partial charge on any atom is -0.462 e. The second-order valence-corrected chi connectivity index (χ2v) is 9.43. The van der Waals surface area contributed by atoms with Crippen LogP contribution in [-0.4, -0.2) is 65.7 Å². The molecule has 0 spiro atoms. The lowest BCUT2D eigenvalue weighted by atomic mass is 10.1. The number of aliphatic hydroxyl groups is 2. The van der Waals surface area contributed by atoms with Gasteiger partial charge in [-0.1, -0.05) is 71.6 Å². The third-order valence-electron chi connectivity index (χ3n) is 4.82. The zero-order valence-corrected chi connectivity index (χ0v) is 21.0. The van der Waals surface area contributed by atoms with E-state index in [9.17, 15) is 24.2 Å². The SMILES string of the molecule is CCCCCCCCCCCCC(=O)O[C@H](COC(=O)CC)COP(=O)(O)OC[C@@H](O)CO. The van der Waals surface area contributed by atoms with Gasteiger partial charge in [0.15, 0.2) is 6.10 Å². The largest absolute Gasteiger partial charge is 0.472 e. The summed E-state index contributed by atoms with van der Waals surface area (Å²) in [6, 6.07) is 0. The first-order valence-electron chi connectivity index (χ1n) is 12.0. The highest BCUT2D eigenvalue weighted by molar-refractivity contribution is 7.47. The minimum atomic E-state index is -4.56. The summed E-state index contributed by atoms with van der Waals surface area (Å²) in [5.41, 5.74) is 0. The van der Waals surface area contributed by atoms with E-state index in [2.05, 4.69) is 11.4 Å². The van der Waals surface area contributed by atoms with E-state index in [4.69, 9.17) is 19.1 Å². The van der Waals surface area contributed by atoms with Gasteiger partial charge in [-0.25, -0.2) is 4.57 Å². The Labute approximate surface area is 197 Å². The van der Waals surface area contributed by atoms with Crippen molar-refractivity contribution in [3.05, 3.63) is 0 Å². The van der Waals surface area contributed by atoms with E-state index < -0.39 is 51.8 Å². The highest BCUT2D eigenvalue weighted by Crippen LogP contribution is 2.43. The number of carbonyl (C=O) groups is 2. The molecule has 0 aliphatic carbocycles. The second kappa shape index (κ2) is 20.4. The predicted octanol–water partition coefficient (Wildman–Crippen LogP) is 3.65. The van der Waals surface area contributed by atoms with E-state index in [0.717, 1.165) is 19.3 Å². The van der Waals surface area contributed by atoms with Gasteiger partial charge >= 0.3 is 19.8 Å². The number of unbranched alkanes of at least 4 members (excludes halogenated alkanes) is 9. The van der Waals surface area contributed by atoms with Crippen LogP contribution in [0.25, 0.3) is 0 Å². The van der Waals surface area contributed by atoms with E-state index in [-0.39, 0.29) is 19.4 Å². The first kappa shape index (κ1) is 32.0. The Morgan fingerprint density at radius 1 is 0.818 bits per heavy atom. The fraction of sp³-hybridized carbons (Fsp3) is 0.909. The van der Waals surface area contributed by atoms with Crippen LogP contribution in [-0.2, 0) is 32.7 Å². The number of hydrogen-bond donors (Lipinski definition) is 3. The number of esters is 2. The first-order valence-corrected chi connectivity index (χ1v) is 13.5. The highest BCUT2D eigenvalue weighted by Gasteiger charge is 2.26. The molecule has 3 N–H and O–H groups in total. The molecule has 0 saturated heterocycles. The maximum absolute atomic E-state index is 12.1. The van der Waals surface area contributed by atoms with E-state index in [1.165, 1.54) is 38.5 Å². The zero-order chi connectivity index (χ0) is 25.0. The van der Waals surface area contributed by atoms with Crippen molar-refractivity contribution < 1.29 is 47.8 Å². The molecule has 3 atom stereocenters. The summed E-state index contributed by atoms with van der Waals surface area (Å²) in [5.74, 6) is -1.03. The van der Waals surface area contributed by atoms with Crippen molar-refractivity contribution in [3.63, 3.8) is 0 Å². The standard InChI is InChI=1S/C22H43O10P/c1-3-5-6-7-8-9-10-11-12-13-14-22(26)32-20(17-29-21(25)4-2)18-31-33(27,28)30-16-19(24)15-23/h19-20,23-24H,3-18H2,1-2H3,(H,27,28)/t19-,20+/m0/s1. The Kier molecular flexibility index (Phi) is 19.7. The number of hydrogen-bond acceptors (Lipinski definition) is 9. The molecule has 0 aliphatic heterocycles. The van der Waals surface area contributed by atoms with Crippen LogP contribution >= 0.6 is 7.82 Å². The number of ether oxygens (including phenoxy) is 2. The van der Waals surface area contributed by atoms with Crippen LogP contribution in [0.2, 0.25) is 0 Å². The average molecular weight is 499 g/mol. The molecule has 33 heavy (non-hydrogen) atoms. The molecule has 0 heterocycles. The van der Waals surface area contributed by atoms with Gasteiger partial charge in [0, 0.05) is 12.8 Å². The third-order valence-corrected chi connectivity index (χ3v) is 5.77. The average Bonchev–Trinajstić information content (AvgIpc) is 2.80. The van der Waals surface area contributed by atoms with Gasteiger partial charge in [-0.2, -0.15) is 0 Å². The number of carbonyl (C=O) groups excluding carboxylic acids is 2. The molecule has 0 aromatic rings. The Morgan fingerprint density at radius 3 is 1.91 bits per heavy atom. The van der Waals surface area contributed by atoms with E-state index >= 15 is 0 Å². The molecule has 0 aromatic carbocycles. The lowest BCUT2D eigenvalue weighted by molar-refractivity contribution is -0.161. The van der Waals surface area contributed by atoms with E-state index in [1.54, 1.807) is 6.92 Å². The summed E-state index contributed by atoms with van der Waals surface area (Å²) in [6.45, 7) is 1.68. The van der Waals surface area contributed by atoms with Crippen molar-refractivity contribution >= 4 is 19.8 Å². The number of aliphatic hydroxyl groups excluding tert-OH is 2. The molecule has 0 aromatic heterocycles. The van der Waals surface area contributed by atoms with Crippen molar-refractivity contribution in [1.29, 1.82) is 0 Å². The van der Waals surface area contributed by atoms with Gasteiger partial charge in [-0.05, 0) is 6.42 Å². The second-order valence-electron chi connectivity index (χ2n) is 7.98. The molecule has 0 bridgehead atoms. The van der Waals surface area contributed by atoms with Crippen molar-refractivity contribution in [1.82, 2.24) is 0 Å². The maximum Gasteiger partial charge on any atom is 0.472 e. The summed E-state index contributed by atoms with van der Waals surface area (Å²) in [6.07, 6.45) is 9.21. The normalized spacial score (nSPS) is 14.9. The predicted molar refractivity (Wildman–Crippen MR) is 122 cm³/mol. The Balaban J connectivity index is 4.28. The molecule has 0 amide bonds. The van der Waals surface area contributed by atoms with Crippen molar-refractivity contribution in [2.45, 2.75) is 103 Å². The summed E-state index contributed by atoms with van der Waals surface area (Å²) in [4.78, 5) is 33.2. The smallest absolute Gasteiger partial charge is 0.462 e. The van der Waals surface area contributed by atoms with Crippen LogP contribution in [0.1, 0.15) is 90.9 Å². The van der Waals surface area contributed by atoms with Crippen LogP contribution in [0.4, 0.5) is 0 Å². The van der Waals surface area contributed by atoms with Gasteiger partial charge in [0.25, 0.3) is 0 Å². The topological polar surface area (TPSA) is 149 Å². The summed E-state index contributed by atoms with van der Waals surface area (Å²) >= 11 is 0. The molecule has 0 rings (SSSR count). The molecule has 11 heteroatoms. The molecular formula is C22H43O10P. The first-order chi connectivity index (χ1) is 15.7. The van der Waals surface area contributed by atoms with Crippen LogP contribution in [0.5, 0.6) is 0 Å². The van der Waals surface area contributed by atoms with Crippen LogP contribution in [0, 0.1) is 0 Å². The van der Waals surface area contributed by atoms with Crippen LogP contribution in [0.15, 0.2) is 0 Å². The number of rotatable bonds is 22. The van der Waals surface area contributed by atoms with Crippen molar-refractivity contribution in [2.24, 2.45) is 0 Å². The molecular weight excluding hydrogens is 455 g/mol. The molecule has 10 nitrogen and oxygen atoms in total. The Morgan fingerprint density at radius 2 is 1.36 bits per heavy atom. The summed E-state index contributed by atoms with van der Waals surface area (Å²) in [5, 5.41) is 17.9. The summed E-state index contributed by atoms with van der Waals surface area (Å²) in [7, 11) is -4.56. The monoisotopic (exact) mass is 498 g/mol. The highest BCUT2D eigenvalue weighted by atomic mass is 31.2. The molecule has 0 fully saturated rings. The fourth-order valence-electron chi connectivity index (χ4n) is 2.85. The van der Waals surface area contributed by atoms with E-state index in [0.29, 0.717) is 6.42 Å². The minimum absolute atomic E-state index is 0.126. The Hall–Kier alpha value is -1.03. The van der Waals surface area contributed by atoms with Crippen LogP contribution < -0.4 is 0 Å². The van der Waals surface area contributed by atoms with Crippen molar-refractivity contribution in [2.75, 3.05) is 26.4 Å². The molecule has 1 unspecified atom stereocenters. The zero-order valence-electron chi connectivity index (χ0n) is 20.1.